The lowest BCUT2D eigenvalue weighted by Crippen LogP contribution is -2.54. The molecule has 1 atom stereocenters. The van der Waals surface area contributed by atoms with E-state index in [1.807, 2.05) is 0 Å². The number of carboxylic acid groups (broad SMARTS) is 1. The first-order valence-corrected chi connectivity index (χ1v) is 5.25. The van der Waals surface area contributed by atoms with Gasteiger partial charge in [0.25, 0.3) is 0 Å². The SMILES string of the molecule is CCC(CO)(CO)N1CC(C(=O)O)CC1=O. The van der Waals surface area contributed by atoms with E-state index in [1.54, 1.807) is 6.92 Å². The third-order valence-corrected chi connectivity index (χ3v) is 3.29. The minimum Gasteiger partial charge on any atom is -0.481 e. The van der Waals surface area contributed by atoms with Crippen molar-refractivity contribution in [2.75, 3.05) is 19.8 Å². The molecule has 1 amide bonds. The third-order valence-electron chi connectivity index (χ3n) is 3.29. The van der Waals surface area contributed by atoms with Gasteiger partial charge in [0, 0.05) is 13.0 Å². The maximum absolute atomic E-state index is 11.7. The molecule has 1 rings (SSSR count). The van der Waals surface area contributed by atoms with E-state index >= 15 is 0 Å². The summed E-state index contributed by atoms with van der Waals surface area (Å²) in [5, 5.41) is 27.4. The Morgan fingerprint density at radius 1 is 1.50 bits per heavy atom. The highest BCUT2D eigenvalue weighted by Gasteiger charge is 2.44. The minimum atomic E-state index is -1.03. The Bertz CT molecular complexity index is 279. The van der Waals surface area contributed by atoms with Crippen LogP contribution in [0.25, 0.3) is 0 Å². The van der Waals surface area contributed by atoms with Gasteiger partial charge >= 0.3 is 5.97 Å². The van der Waals surface area contributed by atoms with E-state index in [0.29, 0.717) is 6.42 Å². The van der Waals surface area contributed by atoms with E-state index in [2.05, 4.69) is 0 Å². The lowest BCUT2D eigenvalue weighted by Gasteiger charge is -2.38. The Labute approximate surface area is 93.5 Å². The van der Waals surface area contributed by atoms with Crippen molar-refractivity contribution in [3.05, 3.63) is 0 Å². The van der Waals surface area contributed by atoms with E-state index in [-0.39, 0.29) is 32.1 Å². The molecule has 0 aromatic rings. The summed E-state index contributed by atoms with van der Waals surface area (Å²) in [6.45, 7) is 1.08. The number of hydrogen-bond donors (Lipinski definition) is 3. The van der Waals surface area contributed by atoms with Crippen LogP contribution in [0.3, 0.4) is 0 Å². The van der Waals surface area contributed by atoms with Gasteiger partial charge in [-0.3, -0.25) is 9.59 Å². The molecule has 1 unspecified atom stereocenters. The van der Waals surface area contributed by atoms with Crippen LogP contribution in [0.15, 0.2) is 0 Å². The number of aliphatic hydroxyl groups is 2. The normalized spacial score (nSPS) is 21.6. The van der Waals surface area contributed by atoms with Crippen LogP contribution in [-0.2, 0) is 9.59 Å². The van der Waals surface area contributed by atoms with Crippen molar-refractivity contribution in [1.82, 2.24) is 4.90 Å². The average molecular weight is 231 g/mol. The highest BCUT2D eigenvalue weighted by Crippen LogP contribution is 2.28. The molecule has 6 nitrogen and oxygen atoms in total. The fourth-order valence-corrected chi connectivity index (χ4v) is 1.97. The fraction of sp³-hybridized carbons (Fsp3) is 0.800. The van der Waals surface area contributed by atoms with Gasteiger partial charge in [0.15, 0.2) is 0 Å². The van der Waals surface area contributed by atoms with Crippen LogP contribution < -0.4 is 0 Å². The van der Waals surface area contributed by atoms with E-state index in [1.165, 1.54) is 4.90 Å². The maximum atomic E-state index is 11.7. The zero-order chi connectivity index (χ0) is 12.3. The van der Waals surface area contributed by atoms with Crippen molar-refractivity contribution in [2.45, 2.75) is 25.3 Å². The molecule has 92 valence electrons. The first kappa shape index (κ1) is 12.9. The van der Waals surface area contributed by atoms with Gasteiger partial charge in [0.2, 0.25) is 5.91 Å². The van der Waals surface area contributed by atoms with Gasteiger partial charge in [0.05, 0.1) is 24.7 Å². The minimum absolute atomic E-state index is 0.0584. The molecular weight excluding hydrogens is 214 g/mol. The molecule has 0 radical (unpaired) electrons. The molecule has 0 spiro atoms. The second kappa shape index (κ2) is 4.80. The number of rotatable bonds is 5. The van der Waals surface area contributed by atoms with Crippen molar-refractivity contribution in [3.63, 3.8) is 0 Å². The van der Waals surface area contributed by atoms with Gasteiger partial charge in [-0.15, -0.1) is 0 Å². The second-order valence-electron chi connectivity index (χ2n) is 4.14. The molecule has 0 bridgehead atoms. The van der Waals surface area contributed by atoms with E-state index < -0.39 is 17.4 Å². The predicted molar refractivity (Wildman–Crippen MR) is 54.6 cm³/mol. The highest BCUT2D eigenvalue weighted by atomic mass is 16.4. The van der Waals surface area contributed by atoms with Crippen LogP contribution in [0.1, 0.15) is 19.8 Å². The van der Waals surface area contributed by atoms with Gasteiger partial charge in [0.1, 0.15) is 0 Å². The molecule has 1 aliphatic heterocycles. The molecular formula is C10H17NO5. The maximum Gasteiger partial charge on any atom is 0.308 e. The summed E-state index contributed by atoms with van der Waals surface area (Å²) < 4.78 is 0. The highest BCUT2D eigenvalue weighted by molar-refractivity contribution is 5.86. The first-order valence-electron chi connectivity index (χ1n) is 5.25. The summed E-state index contributed by atoms with van der Waals surface area (Å²) in [6, 6.07) is 0. The fourth-order valence-electron chi connectivity index (χ4n) is 1.97. The number of aliphatic carboxylic acids is 1. The number of likely N-dealkylation sites (tertiary alicyclic amines) is 1. The zero-order valence-corrected chi connectivity index (χ0v) is 9.22. The number of carboxylic acids is 1. The van der Waals surface area contributed by atoms with Gasteiger partial charge < -0.3 is 20.2 Å². The van der Waals surface area contributed by atoms with Crippen molar-refractivity contribution >= 4 is 11.9 Å². The van der Waals surface area contributed by atoms with Crippen LogP contribution in [0.4, 0.5) is 0 Å². The summed E-state index contributed by atoms with van der Waals surface area (Å²) >= 11 is 0. The Hall–Kier alpha value is -1.14. The number of carbonyl (C=O) groups is 2. The van der Waals surface area contributed by atoms with Crippen LogP contribution in [0.2, 0.25) is 0 Å². The molecule has 6 heteroatoms. The Balaban J connectivity index is 2.88. The molecule has 1 saturated heterocycles. The predicted octanol–water partition coefficient (Wildman–Crippen LogP) is -0.947. The molecule has 1 heterocycles. The summed E-state index contributed by atoms with van der Waals surface area (Å²) in [5.41, 5.74) is -1.03. The molecule has 16 heavy (non-hydrogen) atoms. The van der Waals surface area contributed by atoms with Gasteiger partial charge in [-0.05, 0) is 6.42 Å². The lowest BCUT2D eigenvalue weighted by atomic mass is 9.96. The van der Waals surface area contributed by atoms with Gasteiger partial charge in [-0.1, -0.05) is 6.92 Å². The number of aliphatic hydroxyl groups excluding tert-OH is 2. The van der Waals surface area contributed by atoms with E-state index in [0.717, 1.165) is 0 Å². The smallest absolute Gasteiger partial charge is 0.308 e. The van der Waals surface area contributed by atoms with Gasteiger partial charge in [-0.2, -0.15) is 0 Å². The monoisotopic (exact) mass is 231 g/mol. The van der Waals surface area contributed by atoms with Crippen LogP contribution in [0, 0.1) is 5.92 Å². The Morgan fingerprint density at radius 3 is 2.38 bits per heavy atom. The second-order valence-corrected chi connectivity index (χ2v) is 4.14. The number of carbonyl (C=O) groups excluding carboxylic acids is 1. The summed E-state index contributed by atoms with van der Waals surface area (Å²) in [4.78, 5) is 23.7. The first-order chi connectivity index (χ1) is 7.50. The van der Waals surface area contributed by atoms with E-state index in [9.17, 15) is 19.8 Å². The summed E-state index contributed by atoms with van der Waals surface area (Å²) in [6.07, 6.45) is 0.329. The molecule has 1 fully saturated rings. The summed E-state index contributed by atoms with van der Waals surface area (Å²) in [7, 11) is 0. The van der Waals surface area contributed by atoms with Crippen molar-refractivity contribution in [3.8, 4) is 0 Å². The molecule has 0 aliphatic carbocycles. The number of nitrogens with zero attached hydrogens (tertiary/aromatic N) is 1. The largest absolute Gasteiger partial charge is 0.481 e. The third kappa shape index (κ3) is 2.03. The molecule has 0 aromatic heterocycles. The Kier molecular flexibility index (Phi) is 3.88. The number of hydrogen-bond acceptors (Lipinski definition) is 4. The lowest BCUT2D eigenvalue weighted by molar-refractivity contribution is -0.141. The molecule has 3 N–H and O–H groups in total. The molecule has 0 saturated carbocycles. The average Bonchev–Trinajstić information content (AvgIpc) is 2.65. The van der Waals surface area contributed by atoms with Crippen molar-refractivity contribution in [1.29, 1.82) is 0 Å². The van der Waals surface area contributed by atoms with E-state index in [4.69, 9.17) is 5.11 Å². The van der Waals surface area contributed by atoms with Crippen molar-refractivity contribution in [2.24, 2.45) is 5.92 Å². The zero-order valence-electron chi connectivity index (χ0n) is 9.22. The standard InChI is InChI=1S/C10H17NO5/c1-2-10(5-12,6-13)11-4-7(9(15)16)3-8(11)14/h7,12-13H,2-6H2,1H3,(H,15,16). The molecule has 0 aromatic carbocycles. The quantitative estimate of drug-likeness (QED) is 0.567. The topological polar surface area (TPSA) is 98.1 Å². The van der Waals surface area contributed by atoms with Crippen LogP contribution in [-0.4, -0.2) is 57.4 Å². The molecule has 1 aliphatic rings. The number of amides is 1. The Morgan fingerprint density at radius 2 is 2.06 bits per heavy atom. The van der Waals surface area contributed by atoms with Crippen molar-refractivity contribution < 1.29 is 24.9 Å². The summed E-state index contributed by atoms with van der Waals surface area (Å²) in [5.74, 6) is -2.08. The van der Waals surface area contributed by atoms with Gasteiger partial charge in [-0.25, -0.2) is 0 Å². The van der Waals surface area contributed by atoms with Crippen LogP contribution in [0.5, 0.6) is 0 Å². The van der Waals surface area contributed by atoms with Crippen LogP contribution >= 0.6 is 0 Å².